The second-order valence-electron chi connectivity index (χ2n) is 3.85. The van der Waals surface area contributed by atoms with Crippen molar-refractivity contribution in [1.82, 2.24) is 0 Å². The third kappa shape index (κ3) is 2.09. The molecule has 0 aromatic heterocycles. The monoisotopic (exact) mass is 211 g/mol. The number of halogens is 1. The molecule has 82 valence electrons. The standard InChI is InChI=1S/C11H14FNO2/c1-11(2,10(14)15-3)7-4-5-9(13)8(12)6-7/h4-6H,13H2,1-3H3. The molecule has 0 atom stereocenters. The van der Waals surface area contributed by atoms with Crippen LogP contribution in [0.5, 0.6) is 0 Å². The summed E-state index contributed by atoms with van der Waals surface area (Å²) in [5.74, 6) is -0.934. The van der Waals surface area contributed by atoms with Gasteiger partial charge in [0, 0.05) is 0 Å². The number of carbonyl (C=O) groups excluding carboxylic acids is 1. The third-order valence-electron chi connectivity index (χ3n) is 2.42. The van der Waals surface area contributed by atoms with Crippen LogP contribution in [-0.2, 0) is 14.9 Å². The summed E-state index contributed by atoms with van der Waals surface area (Å²) in [7, 11) is 1.30. The first kappa shape index (κ1) is 11.5. The maximum absolute atomic E-state index is 13.2. The molecule has 3 nitrogen and oxygen atoms in total. The molecule has 0 radical (unpaired) electrons. The summed E-state index contributed by atoms with van der Waals surface area (Å²) in [6.45, 7) is 3.34. The van der Waals surface area contributed by atoms with Gasteiger partial charge in [-0.3, -0.25) is 4.79 Å². The largest absolute Gasteiger partial charge is 0.468 e. The van der Waals surface area contributed by atoms with Gasteiger partial charge in [-0.25, -0.2) is 4.39 Å². The first-order chi connectivity index (χ1) is 6.89. The smallest absolute Gasteiger partial charge is 0.315 e. The van der Waals surface area contributed by atoms with Crippen LogP contribution in [-0.4, -0.2) is 13.1 Å². The Hall–Kier alpha value is -1.58. The molecule has 0 fully saturated rings. The topological polar surface area (TPSA) is 52.3 Å². The Morgan fingerprint density at radius 2 is 2.07 bits per heavy atom. The number of nitrogen functional groups attached to an aromatic ring is 1. The second-order valence-corrected chi connectivity index (χ2v) is 3.85. The molecule has 1 aromatic rings. The third-order valence-corrected chi connectivity index (χ3v) is 2.42. The zero-order valence-corrected chi connectivity index (χ0v) is 9.00. The van der Waals surface area contributed by atoms with Crippen molar-refractivity contribution in [3.8, 4) is 0 Å². The fourth-order valence-electron chi connectivity index (χ4n) is 1.29. The lowest BCUT2D eigenvalue weighted by Gasteiger charge is -2.22. The summed E-state index contributed by atoms with van der Waals surface area (Å²) in [5, 5.41) is 0. The molecule has 0 unspecified atom stereocenters. The summed E-state index contributed by atoms with van der Waals surface area (Å²) in [6.07, 6.45) is 0. The molecule has 0 heterocycles. The molecular formula is C11H14FNO2. The Morgan fingerprint density at radius 1 is 1.47 bits per heavy atom. The molecule has 0 amide bonds. The Balaban J connectivity index is 3.16. The molecule has 0 aliphatic rings. The predicted molar refractivity (Wildman–Crippen MR) is 55.9 cm³/mol. The number of esters is 1. The number of benzene rings is 1. The Kier molecular flexibility index (Phi) is 2.98. The molecule has 0 aliphatic carbocycles. The average molecular weight is 211 g/mol. The molecule has 15 heavy (non-hydrogen) atoms. The highest BCUT2D eigenvalue weighted by atomic mass is 19.1. The predicted octanol–water partition coefficient (Wildman–Crippen LogP) is 1.86. The van der Waals surface area contributed by atoms with Gasteiger partial charge in [0.1, 0.15) is 5.82 Å². The highest BCUT2D eigenvalue weighted by Gasteiger charge is 2.31. The summed E-state index contributed by atoms with van der Waals surface area (Å²) in [5.41, 5.74) is 5.09. The van der Waals surface area contributed by atoms with E-state index in [9.17, 15) is 9.18 Å². The maximum Gasteiger partial charge on any atom is 0.315 e. The van der Waals surface area contributed by atoms with E-state index in [1.165, 1.54) is 19.2 Å². The zero-order valence-electron chi connectivity index (χ0n) is 9.00. The van der Waals surface area contributed by atoms with E-state index in [4.69, 9.17) is 5.73 Å². The molecule has 1 aromatic carbocycles. The molecule has 4 heteroatoms. The first-order valence-corrected chi connectivity index (χ1v) is 4.53. The summed E-state index contributed by atoms with van der Waals surface area (Å²) < 4.78 is 17.8. The van der Waals surface area contributed by atoms with Crippen molar-refractivity contribution in [2.45, 2.75) is 19.3 Å². The summed E-state index contributed by atoms with van der Waals surface area (Å²) >= 11 is 0. The Bertz CT molecular complexity index is 388. The van der Waals surface area contributed by atoms with Crippen LogP contribution in [0.2, 0.25) is 0 Å². The van der Waals surface area contributed by atoms with Crippen molar-refractivity contribution >= 4 is 11.7 Å². The van der Waals surface area contributed by atoms with E-state index >= 15 is 0 Å². The lowest BCUT2D eigenvalue weighted by Crippen LogP contribution is -2.30. The SMILES string of the molecule is COC(=O)C(C)(C)c1ccc(N)c(F)c1. The van der Waals surface area contributed by atoms with Crippen LogP contribution in [0, 0.1) is 5.82 Å². The van der Waals surface area contributed by atoms with Crippen LogP contribution in [0.3, 0.4) is 0 Å². The Labute approximate surface area is 88.0 Å². The molecule has 2 N–H and O–H groups in total. The number of nitrogens with two attached hydrogens (primary N) is 1. The van der Waals surface area contributed by atoms with Gasteiger partial charge in [-0.15, -0.1) is 0 Å². The Morgan fingerprint density at radius 3 is 2.53 bits per heavy atom. The molecular weight excluding hydrogens is 197 g/mol. The molecule has 0 aliphatic heterocycles. The lowest BCUT2D eigenvalue weighted by atomic mass is 9.84. The van der Waals surface area contributed by atoms with Gasteiger partial charge < -0.3 is 10.5 Å². The second kappa shape index (κ2) is 3.88. The minimum Gasteiger partial charge on any atom is -0.468 e. The van der Waals surface area contributed by atoms with Crippen LogP contribution in [0.1, 0.15) is 19.4 Å². The summed E-state index contributed by atoms with van der Waals surface area (Å²) in [6, 6.07) is 4.32. The van der Waals surface area contributed by atoms with E-state index in [-0.39, 0.29) is 5.69 Å². The van der Waals surface area contributed by atoms with Gasteiger partial charge in [-0.1, -0.05) is 6.07 Å². The van der Waals surface area contributed by atoms with Crippen molar-refractivity contribution in [2.24, 2.45) is 0 Å². The van der Waals surface area contributed by atoms with Crippen LogP contribution >= 0.6 is 0 Å². The molecule has 0 saturated carbocycles. The molecule has 0 spiro atoms. The van der Waals surface area contributed by atoms with Crippen LogP contribution < -0.4 is 5.73 Å². The number of hydrogen-bond acceptors (Lipinski definition) is 3. The average Bonchev–Trinajstić information content (AvgIpc) is 2.20. The van der Waals surface area contributed by atoms with Gasteiger partial charge >= 0.3 is 5.97 Å². The number of anilines is 1. The van der Waals surface area contributed by atoms with Gasteiger partial charge in [0.15, 0.2) is 0 Å². The van der Waals surface area contributed by atoms with E-state index < -0.39 is 17.2 Å². The van der Waals surface area contributed by atoms with E-state index in [0.717, 1.165) is 0 Å². The lowest BCUT2D eigenvalue weighted by molar-refractivity contribution is -0.146. The summed E-state index contributed by atoms with van der Waals surface area (Å²) in [4.78, 5) is 11.5. The normalized spacial score (nSPS) is 11.2. The van der Waals surface area contributed by atoms with Crippen molar-refractivity contribution in [1.29, 1.82) is 0 Å². The van der Waals surface area contributed by atoms with Crippen molar-refractivity contribution < 1.29 is 13.9 Å². The van der Waals surface area contributed by atoms with E-state index in [0.29, 0.717) is 5.56 Å². The first-order valence-electron chi connectivity index (χ1n) is 4.53. The van der Waals surface area contributed by atoms with Crippen LogP contribution in [0.25, 0.3) is 0 Å². The molecule has 0 saturated heterocycles. The van der Waals surface area contributed by atoms with Gasteiger partial charge in [0.05, 0.1) is 18.2 Å². The quantitative estimate of drug-likeness (QED) is 0.600. The van der Waals surface area contributed by atoms with Gasteiger partial charge in [-0.05, 0) is 31.5 Å². The number of rotatable bonds is 2. The number of hydrogen-bond donors (Lipinski definition) is 1. The fourth-order valence-corrected chi connectivity index (χ4v) is 1.29. The highest BCUT2D eigenvalue weighted by molar-refractivity contribution is 5.82. The van der Waals surface area contributed by atoms with Gasteiger partial charge in [0.2, 0.25) is 0 Å². The molecule has 1 rings (SSSR count). The zero-order chi connectivity index (χ0) is 11.6. The van der Waals surface area contributed by atoms with Crippen LogP contribution in [0.4, 0.5) is 10.1 Å². The highest BCUT2D eigenvalue weighted by Crippen LogP contribution is 2.26. The minimum atomic E-state index is -0.872. The number of carbonyl (C=O) groups is 1. The fraction of sp³-hybridized carbons (Fsp3) is 0.364. The molecule has 0 bridgehead atoms. The van der Waals surface area contributed by atoms with Crippen molar-refractivity contribution in [2.75, 3.05) is 12.8 Å². The van der Waals surface area contributed by atoms with E-state index in [1.807, 2.05) is 0 Å². The minimum absolute atomic E-state index is 0.0689. The van der Waals surface area contributed by atoms with Gasteiger partial charge in [-0.2, -0.15) is 0 Å². The maximum atomic E-state index is 13.2. The number of ether oxygens (including phenoxy) is 1. The van der Waals surface area contributed by atoms with Crippen molar-refractivity contribution in [3.05, 3.63) is 29.6 Å². The number of methoxy groups -OCH3 is 1. The van der Waals surface area contributed by atoms with E-state index in [1.54, 1.807) is 19.9 Å². The van der Waals surface area contributed by atoms with Crippen molar-refractivity contribution in [3.63, 3.8) is 0 Å². The van der Waals surface area contributed by atoms with Gasteiger partial charge in [0.25, 0.3) is 0 Å². The van der Waals surface area contributed by atoms with E-state index in [2.05, 4.69) is 4.74 Å². The van der Waals surface area contributed by atoms with Crippen LogP contribution in [0.15, 0.2) is 18.2 Å².